The molecule has 0 spiro atoms. The lowest BCUT2D eigenvalue weighted by atomic mass is 10.1. The van der Waals surface area contributed by atoms with Crippen molar-refractivity contribution in [3.63, 3.8) is 0 Å². The average Bonchev–Trinajstić information content (AvgIpc) is 3.14. The normalized spacial score (nSPS) is 15.2. The molecule has 2 heterocycles. The van der Waals surface area contributed by atoms with Gasteiger partial charge in [0, 0.05) is 36.4 Å². The zero-order valence-electron chi connectivity index (χ0n) is 14.2. The molecule has 1 N–H and O–H groups in total. The van der Waals surface area contributed by atoms with Gasteiger partial charge in [-0.05, 0) is 25.0 Å². The summed E-state index contributed by atoms with van der Waals surface area (Å²) in [6.07, 6.45) is 4.97. The number of hydrogen-bond acceptors (Lipinski definition) is 4. The quantitative estimate of drug-likeness (QED) is 0.759. The van der Waals surface area contributed by atoms with Crippen molar-refractivity contribution in [2.24, 2.45) is 0 Å². The van der Waals surface area contributed by atoms with Gasteiger partial charge in [0.05, 0.1) is 22.8 Å². The van der Waals surface area contributed by atoms with Crippen LogP contribution >= 0.6 is 23.4 Å². The first-order valence-electron chi connectivity index (χ1n) is 8.47. The number of carbonyl (C=O) groups is 2. The lowest BCUT2D eigenvalue weighted by molar-refractivity contribution is -0.132. The fourth-order valence-corrected chi connectivity index (χ4v) is 4.17. The minimum absolute atomic E-state index is 0.143. The van der Waals surface area contributed by atoms with Crippen molar-refractivity contribution in [2.45, 2.75) is 30.2 Å². The molecule has 0 atom stereocenters. The van der Waals surface area contributed by atoms with Gasteiger partial charge < -0.3 is 10.0 Å². The highest BCUT2D eigenvalue weighted by atomic mass is 35.5. The zero-order valence-corrected chi connectivity index (χ0v) is 15.7. The smallest absolute Gasteiger partial charge is 0.338 e. The summed E-state index contributed by atoms with van der Waals surface area (Å²) in [7, 11) is 0. The molecule has 0 radical (unpaired) electrons. The van der Waals surface area contributed by atoms with E-state index in [-0.39, 0.29) is 17.5 Å². The summed E-state index contributed by atoms with van der Waals surface area (Å²) >= 11 is 7.72. The lowest BCUT2D eigenvalue weighted by Gasteiger charge is -2.32. The molecule has 2 aromatic rings. The van der Waals surface area contributed by atoms with Gasteiger partial charge in [-0.25, -0.2) is 4.79 Å². The van der Waals surface area contributed by atoms with E-state index in [4.69, 9.17) is 16.7 Å². The first-order valence-corrected chi connectivity index (χ1v) is 9.83. The van der Waals surface area contributed by atoms with Crippen molar-refractivity contribution in [1.82, 2.24) is 14.7 Å². The fraction of sp³-hybridized carbons (Fsp3) is 0.389. The minimum Gasteiger partial charge on any atom is -0.478 e. The summed E-state index contributed by atoms with van der Waals surface area (Å²) in [5, 5.41) is 13.8. The van der Waals surface area contributed by atoms with Crippen molar-refractivity contribution in [1.29, 1.82) is 0 Å². The first kappa shape index (κ1) is 18.8. The maximum Gasteiger partial charge on any atom is 0.338 e. The van der Waals surface area contributed by atoms with Crippen LogP contribution in [0.25, 0.3) is 0 Å². The third kappa shape index (κ3) is 4.59. The number of carboxylic acids is 1. The Morgan fingerprint density at radius 1 is 1.27 bits per heavy atom. The molecule has 6 nitrogen and oxygen atoms in total. The van der Waals surface area contributed by atoms with E-state index in [0.29, 0.717) is 30.3 Å². The number of thioether (sulfide) groups is 1. The molecule has 1 fully saturated rings. The zero-order chi connectivity index (χ0) is 18.5. The second kappa shape index (κ2) is 8.60. The van der Waals surface area contributed by atoms with Gasteiger partial charge in [0.2, 0.25) is 5.91 Å². The molecule has 0 saturated carbocycles. The van der Waals surface area contributed by atoms with E-state index in [1.54, 1.807) is 22.6 Å². The Morgan fingerprint density at radius 3 is 2.65 bits per heavy atom. The monoisotopic (exact) mass is 393 g/mol. The number of aromatic carboxylic acids is 1. The molecule has 26 heavy (non-hydrogen) atoms. The molecule has 1 aromatic carbocycles. The Balaban J connectivity index is 1.44. The predicted molar refractivity (Wildman–Crippen MR) is 101 cm³/mol. The van der Waals surface area contributed by atoms with Gasteiger partial charge in [-0.1, -0.05) is 23.7 Å². The molecule has 1 aliphatic heterocycles. The van der Waals surface area contributed by atoms with E-state index in [2.05, 4.69) is 5.10 Å². The number of carboxylic acid groups (broad SMARTS) is 1. The largest absolute Gasteiger partial charge is 0.478 e. The molecule has 8 heteroatoms. The molecule has 138 valence electrons. The lowest BCUT2D eigenvalue weighted by Crippen LogP contribution is -2.39. The van der Waals surface area contributed by atoms with E-state index in [1.807, 2.05) is 29.2 Å². The molecule has 1 amide bonds. The summed E-state index contributed by atoms with van der Waals surface area (Å²) in [4.78, 5) is 26.2. The molecule has 1 saturated heterocycles. The maximum atomic E-state index is 12.4. The summed E-state index contributed by atoms with van der Waals surface area (Å²) in [5.41, 5.74) is 0.195. The number of hydrogen-bond donors (Lipinski definition) is 1. The van der Waals surface area contributed by atoms with Gasteiger partial charge in [-0.3, -0.25) is 9.48 Å². The van der Waals surface area contributed by atoms with E-state index in [0.717, 1.165) is 17.7 Å². The van der Waals surface area contributed by atoms with E-state index in [9.17, 15) is 9.59 Å². The van der Waals surface area contributed by atoms with Crippen LogP contribution in [0.2, 0.25) is 5.02 Å². The van der Waals surface area contributed by atoms with Crippen molar-refractivity contribution in [3.05, 3.63) is 47.2 Å². The van der Waals surface area contributed by atoms with E-state index < -0.39 is 5.97 Å². The number of benzene rings is 1. The Bertz CT molecular complexity index is 787. The maximum absolute atomic E-state index is 12.4. The topological polar surface area (TPSA) is 75.4 Å². The number of amides is 1. The highest BCUT2D eigenvalue weighted by Crippen LogP contribution is 2.28. The van der Waals surface area contributed by atoms with Crippen LogP contribution < -0.4 is 0 Å². The van der Waals surface area contributed by atoms with Crippen LogP contribution in [0.3, 0.4) is 0 Å². The second-order valence-corrected chi connectivity index (χ2v) is 7.70. The van der Waals surface area contributed by atoms with Crippen LogP contribution in [-0.2, 0) is 4.79 Å². The Labute approximate surface area is 161 Å². The third-order valence-corrected chi connectivity index (χ3v) is 5.97. The number of aromatic nitrogens is 2. The molecule has 0 aliphatic carbocycles. The fourth-order valence-electron chi connectivity index (χ4n) is 3.00. The molecule has 1 aromatic heterocycles. The number of carbonyl (C=O) groups excluding carboxylic acids is 1. The predicted octanol–water partition coefficient (Wildman–Crippen LogP) is 3.58. The highest BCUT2D eigenvalue weighted by molar-refractivity contribution is 7.99. The molecule has 0 unspecified atom stereocenters. The highest BCUT2D eigenvalue weighted by Gasteiger charge is 2.24. The van der Waals surface area contributed by atoms with Crippen LogP contribution in [-0.4, -0.2) is 50.5 Å². The third-order valence-electron chi connectivity index (χ3n) is 4.45. The Kier molecular flexibility index (Phi) is 6.21. The van der Waals surface area contributed by atoms with Gasteiger partial charge in [0.25, 0.3) is 0 Å². The molecular weight excluding hydrogens is 374 g/mol. The van der Waals surface area contributed by atoms with Crippen LogP contribution in [0.15, 0.2) is 41.6 Å². The standard InChI is InChI=1S/C18H20ClN3O3S/c19-15-3-1-2-4-16(15)26-10-7-17(23)21-8-5-14(6-9-21)22-12-13(11-20-22)18(24)25/h1-4,11-12,14H,5-10H2,(H,24,25). The number of piperidine rings is 1. The summed E-state index contributed by atoms with van der Waals surface area (Å²) in [6, 6.07) is 7.77. The number of halogens is 1. The Hall–Kier alpha value is -1.99. The molecule has 3 rings (SSSR count). The van der Waals surface area contributed by atoms with Gasteiger partial charge in [-0.15, -0.1) is 11.8 Å². The van der Waals surface area contributed by atoms with Gasteiger partial charge >= 0.3 is 5.97 Å². The number of nitrogens with zero attached hydrogens (tertiary/aromatic N) is 3. The van der Waals surface area contributed by atoms with Gasteiger partial charge in [0.15, 0.2) is 0 Å². The van der Waals surface area contributed by atoms with E-state index in [1.165, 1.54) is 6.20 Å². The van der Waals surface area contributed by atoms with Gasteiger partial charge in [0.1, 0.15) is 0 Å². The van der Waals surface area contributed by atoms with Crippen molar-refractivity contribution < 1.29 is 14.7 Å². The summed E-state index contributed by atoms with van der Waals surface area (Å²) < 4.78 is 1.71. The minimum atomic E-state index is -0.972. The molecule has 1 aliphatic rings. The summed E-state index contributed by atoms with van der Waals surface area (Å²) in [5.74, 6) is -0.126. The average molecular weight is 394 g/mol. The van der Waals surface area contributed by atoms with Crippen molar-refractivity contribution in [3.8, 4) is 0 Å². The van der Waals surface area contributed by atoms with Crippen LogP contribution in [0, 0.1) is 0 Å². The summed E-state index contributed by atoms with van der Waals surface area (Å²) in [6.45, 7) is 1.34. The Morgan fingerprint density at radius 2 is 2.00 bits per heavy atom. The van der Waals surface area contributed by atoms with Crippen molar-refractivity contribution in [2.75, 3.05) is 18.8 Å². The molecule has 0 bridgehead atoms. The van der Waals surface area contributed by atoms with Crippen molar-refractivity contribution >= 4 is 35.2 Å². The van der Waals surface area contributed by atoms with Crippen LogP contribution in [0.4, 0.5) is 0 Å². The number of likely N-dealkylation sites (tertiary alicyclic amines) is 1. The SMILES string of the molecule is O=C(O)c1cnn(C2CCN(C(=O)CCSc3ccccc3Cl)CC2)c1. The van der Waals surface area contributed by atoms with Crippen LogP contribution in [0.5, 0.6) is 0 Å². The molecular formula is C18H20ClN3O3S. The van der Waals surface area contributed by atoms with Gasteiger partial charge in [-0.2, -0.15) is 5.10 Å². The number of rotatable bonds is 6. The second-order valence-electron chi connectivity index (χ2n) is 6.16. The van der Waals surface area contributed by atoms with E-state index >= 15 is 0 Å². The van der Waals surface area contributed by atoms with Crippen LogP contribution in [0.1, 0.15) is 35.7 Å². The first-order chi connectivity index (χ1) is 12.5.